The molecule has 60 heavy (non-hydrogen) atoms. The summed E-state index contributed by atoms with van der Waals surface area (Å²) in [5, 5.41) is 0. The number of carbonyl (C=O) groups is 2. The average molecular weight is 803 g/mol. The summed E-state index contributed by atoms with van der Waals surface area (Å²) < 4.78 is 21.9. The van der Waals surface area contributed by atoms with Crippen molar-refractivity contribution in [3.8, 4) is 11.5 Å². The molecule has 2 aliphatic rings. The van der Waals surface area contributed by atoms with E-state index >= 15 is 0 Å². The van der Waals surface area contributed by atoms with Crippen molar-refractivity contribution in [1.82, 2.24) is 0 Å². The number of carbonyl (C=O) groups excluding carboxylic acids is 2. The maximum atomic E-state index is 13.8. The van der Waals surface area contributed by atoms with E-state index in [1.54, 1.807) is 9.80 Å². The SMILES string of the molecule is CC(C)(C)c1cccc(C(=O)N(c2ccccc2)c2ccc(OCC3CO3)cc2)c1.CC(C)(C)c1ccccc1C(=O)N(c1ccccc1)c1ccc(OCC2CO2)cc1. The Morgan fingerprint density at radius 1 is 0.517 bits per heavy atom. The van der Waals surface area contributed by atoms with E-state index in [0.29, 0.717) is 24.3 Å². The molecule has 0 aromatic heterocycles. The predicted octanol–water partition coefficient (Wildman–Crippen LogP) is 11.5. The number of hydrogen-bond acceptors (Lipinski definition) is 6. The maximum Gasteiger partial charge on any atom is 0.263 e. The number of para-hydroxylation sites is 2. The Kier molecular flexibility index (Phi) is 12.8. The first kappa shape index (κ1) is 41.9. The number of anilines is 4. The topological polar surface area (TPSA) is 84.1 Å². The molecule has 8 rings (SSSR count). The van der Waals surface area contributed by atoms with Crippen molar-refractivity contribution in [3.05, 3.63) is 180 Å². The Morgan fingerprint density at radius 2 is 0.950 bits per heavy atom. The minimum Gasteiger partial charge on any atom is -0.491 e. The van der Waals surface area contributed by atoms with Crippen LogP contribution in [-0.4, -0.2) is 50.4 Å². The van der Waals surface area contributed by atoms with Crippen LogP contribution in [0.4, 0.5) is 22.7 Å². The van der Waals surface area contributed by atoms with Crippen molar-refractivity contribution in [2.24, 2.45) is 0 Å². The molecule has 2 unspecified atom stereocenters. The second-order valence-electron chi connectivity index (χ2n) is 17.1. The van der Waals surface area contributed by atoms with Crippen LogP contribution >= 0.6 is 0 Å². The Balaban J connectivity index is 0.000000181. The van der Waals surface area contributed by atoms with Crippen LogP contribution in [0.3, 0.4) is 0 Å². The molecule has 2 atom stereocenters. The Bertz CT molecular complexity index is 2340. The van der Waals surface area contributed by atoms with Crippen molar-refractivity contribution < 1.29 is 28.5 Å². The zero-order valence-corrected chi connectivity index (χ0v) is 35.3. The fourth-order valence-electron chi connectivity index (χ4n) is 6.70. The summed E-state index contributed by atoms with van der Waals surface area (Å²) in [6.45, 7) is 15.5. The van der Waals surface area contributed by atoms with E-state index in [-0.39, 0.29) is 34.9 Å². The molecule has 8 heteroatoms. The monoisotopic (exact) mass is 802 g/mol. The van der Waals surface area contributed by atoms with Gasteiger partial charge in [0.15, 0.2) is 0 Å². The average Bonchev–Trinajstić information content (AvgIpc) is 4.21. The van der Waals surface area contributed by atoms with Gasteiger partial charge in [0.25, 0.3) is 11.8 Å². The van der Waals surface area contributed by atoms with Crippen LogP contribution in [0, 0.1) is 0 Å². The number of hydrogen-bond donors (Lipinski definition) is 0. The van der Waals surface area contributed by atoms with Crippen LogP contribution in [0.2, 0.25) is 0 Å². The zero-order valence-electron chi connectivity index (χ0n) is 35.3. The normalized spacial score (nSPS) is 15.5. The number of nitrogens with zero attached hydrogens (tertiary/aromatic N) is 2. The fourth-order valence-corrected chi connectivity index (χ4v) is 6.70. The minimum atomic E-state index is -0.142. The molecule has 2 saturated heterocycles. The second-order valence-corrected chi connectivity index (χ2v) is 17.1. The van der Waals surface area contributed by atoms with Gasteiger partial charge in [0, 0.05) is 33.9 Å². The summed E-state index contributed by atoms with van der Waals surface area (Å²) in [7, 11) is 0. The fraction of sp³-hybridized carbons (Fsp3) is 0.269. The molecular weight excluding hydrogens is 749 g/mol. The van der Waals surface area contributed by atoms with Gasteiger partial charge in [-0.1, -0.05) is 108 Å². The molecule has 0 spiro atoms. The molecule has 308 valence electrons. The minimum absolute atomic E-state index is 0.0296. The van der Waals surface area contributed by atoms with Gasteiger partial charge in [0.05, 0.1) is 13.2 Å². The zero-order chi connectivity index (χ0) is 42.3. The van der Waals surface area contributed by atoms with E-state index in [4.69, 9.17) is 18.9 Å². The van der Waals surface area contributed by atoms with Crippen LogP contribution in [0.25, 0.3) is 0 Å². The summed E-state index contributed by atoms with van der Waals surface area (Å²) >= 11 is 0. The molecule has 6 aromatic carbocycles. The molecule has 6 aromatic rings. The van der Waals surface area contributed by atoms with E-state index in [0.717, 1.165) is 58.6 Å². The predicted molar refractivity (Wildman–Crippen MR) is 239 cm³/mol. The lowest BCUT2D eigenvalue weighted by molar-refractivity contribution is 0.0990. The van der Waals surface area contributed by atoms with E-state index in [9.17, 15) is 9.59 Å². The molecule has 0 saturated carbocycles. The lowest BCUT2D eigenvalue weighted by atomic mass is 9.83. The highest BCUT2D eigenvalue weighted by atomic mass is 16.6. The lowest BCUT2D eigenvalue weighted by Gasteiger charge is -2.27. The highest BCUT2D eigenvalue weighted by Crippen LogP contribution is 2.34. The van der Waals surface area contributed by atoms with Crippen molar-refractivity contribution in [2.75, 3.05) is 36.2 Å². The largest absolute Gasteiger partial charge is 0.491 e. The number of benzene rings is 6. The van der Waals surface area contributed by atoms with Gasteiger partial charge in [-0.15, -0.1) is 0 Å². The van der Waals surface area contributed by atoms with Gasteiger partial charge >= 0.3 is 0 Å². The second kappa shape index (κ2) is 18.4. The van der Waals surface area contributed by atoms with Crippen molar-refractivity contribution >= 4 is 34.6 Å². The van der Waals surface area contributed by atoms with Crippen LogP contribution in [-0.2, 0) is 20.3 Å². The summed E-state index contributed by atoms with van der Waals surface area (Å²) in [5.41, 5.74) is 6.60. The highest BCUT2D eigenvalue weighted by Gasteiger charge is 2.28. The molecule has 0 aliphatic carbocycles. The van der Waals surface area contributed by atoms with E-state index < -0.39 is 0 Å². The van der Waals surface area contributed by atoms with E-state index in [1.807, 2.05) is 152 Å². The van der Waals surface area contributed by atoms with Crippen LogP contribution < -0.4 is 19.3 Å². The number of ether oxygens (including phenoxy) is 4. The van der Waals surface area contributed by atoms with Gasteiger partial charge in [-0.25, -0.2) is 0 Å². The molecule has 8 nitrogen and oxygen atoms in total. The smallest absolute Gasteiger partial charge is 0.263 e. The van der Waals surface area contributed by atoms with Crippen molar-refractivity contribution in [3.63, 3.8) is 0 Å². The van der Waals surface area contributed by atoms with E-state index in [2.05, 4.69) is 47.6 Å². The van der Waals surface area contributed by atoms with Gasteiger partial charge in [-0.2, -0.15) is 0 Å². The first-order valence-electron chi connectivity index (χ1n) is 20.5. The van der Waals surface area contributed by atoms with Crippen molar-refractivity contribution in [1.29, 1.82) is 0 Å². The molecule has 2 heterocycles. The van der Waals surface area contributed by atoms with Crippen molar-refractivity contribution in [2.45, 2.75) is 64.6 Å². The van der Waals surface area contributed by atoms with Gasteiger partial charge < -0.3 is 18.9 Å². The third kappa shape index (κ3) is 10.9. The molecule has 0 bridgehead atoms. The van der Waals surface area contributed by atoms with Crippen LogP contribution in [0.5, 0.6) is 11.5 Å². The van der Waals surface area contributed by atoms with Crippen LogP contribution in [0.1, 0.15) is 73.4 Å². The number of rotatable bonds is 12. The molecular formula is C52H54N2O6. The summed E-state index contributed by atoms with van der Waals surface area (Å²) in [5.74, 6) is 1.42. The molecule has 2 fully saturated rings. The van der Waals surface area contributed by atoms with Crippen LogP contribution in [0.15, 0.2) is 158 Å². The standard InChI is InChI=1S/2C26H27NO3/c1-26(2,3)20-9-7-8-19(16-20)25(28)27(21-10-5-4-6-11-21)22-12-14-23(15-13-22)29-17-24-18-30-24;1-26(2,3)24-12-8-7-11-23(24)25(28)27(19-9-5-4-6-10-19)20-13-15-21(16-14-20)29-17-22-18-30-22/h4-16,24H,17-18H2,1-3H3;4-16,22H,17-18H2,1-3H3. The Hall–Kier alpha value is -6.22. The molecule has 0 radical (unpaired) electrons. The van der Waals surface area contributed by atoms with Gasteiger partial charge in [0.1, 0.15) is 36.9 Å². The van der Waals surface area contributed by atoms with Gasteiger partial charge in [0.2, 0.25) is 0 Å². The Morgan fingerprint density at radius 3 is 1.40 bits per heavy atom. The third-order valence-electron chi connectivity index (χ3n) is 10.2. The highest BCUT2D eigenvalue weighted by molar-refractivity contribution is 6.12. The molecule has 2 amide bonds. The summed E-state index contributed by atoms with van der Waals surface area (Å²) in [4.78, 5) is 30.9. The third-order valence-corrected chi connectivity index (χ3v) is 10.2. The first-order valence-corrected chi connectivity index (χ1v) is 20.5. The Labute approximate surface area is 354 Å². The van der Waals surface area contributed by atoms with Gasteiger partial charge in [-0.05, 0) is 113 Å². The summed E-state index contributed by atoms with van der Waals surface area (Å²) in [6, 6.07) is 50.5. The summed E-state index contributed by atoms with van der Waals surface area (Å²) in [6.07, 6.45) is 0.420. The van der Waals surface area contributed by atoms with Gasteiger partial charge in [-0.3, -0.25) is 19.4 Å². The molecule has 0 N–H and O–H groups in total. The lowest BCUT2D eigenvalue weighted by Crippen LogP contribution is -2.29. The maximum absolute atomic E-state index is 13.8. The molecule has 2 aliphatic heterocycles. The quantitative estimate of drug-likeness (QED) is 0.115. The number of amides is 2. The van der Waals surface area contributed by atoms with E-state index in [1.165, 1.54) is 0 Å². The first-order chi connectivity index (χ1) is 28.8. The number of epoxide rings is 2.